The lowest BCUT2D eigenvalue weighted by atomic mass is 9.97. The molecular formula is C15H19BrN2O3. The SMILES string of the molecule is CC(CCBr)CCN1CCc2ccc([N+](=O)[O-])cc2C1=O. The van der Waals surface area contributed by atoms with Crippen LogP contribution in [0.15, 0.2) is 18.2 Å². The van der Waals surface area contributed by atoms with Crippen molar-refractivity contribution in [3.05, 3.63) is 39.4 Å². The Bertz CT molecular complexity index is 548. The number of rotatable bonds is 6. The number of alkyl halides is 1. The minimum absolute atomic E-state index is 0.0170. The summed E-state index contributed by atoms with van der Waals surface area (Å²) in [4.78, 5) is 24.7. The van der Waals surface area contributed by atoms with Gasteiger partial charge in [0.2, 0.25) is 0 Å². The first-order valence-corrected chi connectivity index (χ1v) is 8.27. The van der Waals surface area contributed by atoms with E-state index in [-0.39, 0.29) is 11.6 Å². The van der Waals surface area contributed by atoms with Crippen molar-refractivity contribution in [2.75, 3.05) is 18.4 Å². The molecule has 114 valence electrons. The number of amides is 1. The Morgan fingerprint density at radius 2 is 2.19 bits per heavy atom. The molecule has 1 aromatic rings. The summed E-state index contributed by atoms with van der Waals surface area (Å²) in [5.41, 5.74) is 1.38. The Hall–Kier alpha value is -1.43. The molecule has 21 heavy (non-hydrogen) atoms. The molecule has 1 aliphatic rings. The van der Waals surface area contributed by atoms with Crippen LogP contribution in [0.5, 0.6) is 0 Å². The third-order valence-electron chi connectivity index (χ3n) is 3.97. The lowest BCUT2D eigenvalue weighted by molar-refractivity contribution is -0.384. The number of nitro groups is 1. The maximum atomic E-state index is 12.5. The largest absolute Gasteiger partial charge is 0.338 e. The van der Waals surface area contributed by atoms with Crippen LogP contribution in [0.25, 0.3) is 0 Å². The fourth-order valence-corrected chi connectivity index (χ4v) is 3.32. The van der Waals surface area contributed by atoms with E-state index in [2.05, 4.69) is 22.9 Å². The molecule has 0 saturated carbocycles. The average molecular weight is 355 g/mol. The van der Waals surface area contributed by atoms with E-state index in [1.807, 2.05) is 4.90 Å². The summed E-state index contributed by atoms with van der Waals surface area (Å²) >= 11 is 3.43. The van der Waals surface area contributed by atoms with Gasteiger partial charge in [-0.1, -0.05) is 28.9 Å². The highest BCUT2D eigenvalue weighted by molar-refractivity contribution is 9.09. The first-order valence-electron chi connectivity index (χ1n) is 7.15. The van der Waals surface area contributed by atoms with Gasteiger partial charge < -0.3 is 4.90 Å². The Balaban J connectivity index is 2.08. The summed E-state index contributed by atoms with van der Waals surface area (Å²) in [6.07, 6.45) is 2.82. The van der Waals surface area contributed by atoms with E-state index in [9.17, 15) is 14.9 Å². The fraction of sp³-hybridized carbons (Fsp3) is 0.533. The van der Waals surface area contributed by atoms with Gasteiger partial charge in [0.1, 0.15) is 0 Å². The predicted molar refractivity (Wildman–Crippen MR) is 84.9 cm³/mol. The van der Waals surface area contributed by atoms with Gasteiger partial charge in [-0.15, -0.1) is 0 Å². The Labute approximate surface area is 132 Å². The molecule has 1 aromatic carbocycles. The van der Waals surface area contributed by atoms with Crippen LogP contribution >= 0.6 is 15.9 Å². The van der Waals surface area contributed by atoms with Crippen LogP contribution in [-0.2, 0) is 6.42 Å². The molecule has 1 unspecified atom stereocenters. The van der Waals surface area contributed by atoms with Crippen molar-refractivity contribution in [3.8, 4) is 0 Å². The highest BCUT2D eigenvalue weighted by atomic mass is 79.9. The van der Waals surface area contributed by atoms with Gasteiger partial charge in [-0.3, -0.25) is 14.9 Å². The van der Waals surface area contributed by atoms with Gasteiger partial charge in [0.05, 0.1) is 4.92 Å². The van der Waals surface area contributed by atoms with E-state index < -0.39 is 4.92 Å². The number of hydrogen-bond donors (Lipinski definition) is 0. The fourth-order valence-electron chi connectivity index (χ4n) is 2.54. The normalized spacial score (nSPS) is 15.7. The Morgan fingerprint density at radius 3 is 2.86 bits per heavy atom. The smallest absolute Gasteiger partial charge is 0.270 e. The van der Waals surface area contributed by atoms with Crippen molar-refractivity contribution in [1.29, 1.82) is 0 Å². The number of non-ortho nitro benzene ring substituents is 1. The molecule has 0 spiro atoms. The first-order chi connectivity index (χ1) is 10.0. The highest BCUT2D eigenvalue weighted by Gasteiger charge is 2.26. The van der Waals surface area contributed by atoms with E-state index in [0.29, 0.717) is 18.0 Å². The third-order valence-corrected chi connectivity index (χ3v) is 4.42. The lowest BCUT2D eigenvalue weighted by Gasteiger charge is -2.29. The summed E-state index contributed by atoms with van der Waals surface area (Å²) in [5.74, 6) is 0.481. The second kappa shape index (κ2) is 7.02. The van der Waals surface area contributed by atoms with Crippen molar-refractivity contribution in [2.24, 2.45) is 5.92 Å². The van der Waals surface area contributed by atoms with Crippen molar-refractivity contribution < 1.29 is 9.72 Å². The van der Waals surface area contributed by atoms with E-state index in [0.717, 1.165) is 36.7 Å². The van der Waals surface area contributed by atoms with Gasteiger partial charge in [-0.05, 0) is 30.7 Å². The molecular weight excluding hydrogens is 336 g/mol. The van der Waals surface area contributed by atoms with Gasteiger partial charge >= 0.3 is 0 Å². The van der Waals surface area contributed by atoms with Gasteiger partial charge in [0.15, 0.2) is 0 Å². The number of halogens is 1. The topological polar surface area (TPSA) is 63.4 Å². The lowest BCUT2D eigenvalue weighted by Crippen LogP contribution is -2.38. The summed E-state index contributed by atoms with van der Waals surface area (Å²) in [7, 11) is 0. The molecule has 1 atom stereocenters. The molecule has 1 amide bonds. The molecule has 0 bridgehead atoms. The predicted octanol–water partition coefficient (Wildman–Crippen LogP) is 3.40. The minimum atomic E-state index is -0.454. The standard InChI is InChI=1S/C15H19BrN2O3/c1-11(4-7-16)5-8-17-9-6-12-2-3-13(18(20)21)10-14(12)15(17)19/h2-3,10-11H,4-9H2,1H3. The van der Waals surface area contributed by atoms with Crippen molar-refractivity contribution >= 4 is 27.5 Å². The van der Waals surface area contributed by atoms with Crippen LogP contribution in [0.4, 0.5) is 5.69 Å². The molecule has 0 aliphatic carbocycles. The summed E-state index contributed by atoms with van der Waals surface area (Å²) in [5, 5.41) is 11.8. The van der Waals surface area contributed by atoms with E-state index in [1.165, 1.54) is 12.1 Å². The maximum Gasteiger partial charge on any atom is 0.270 e. The molecule has 5 nitrogen and oxygen atoms in total. The maximum absolute atomic E-state index is 12.5. The Morgan fingerprint density at radius 1 is 1.43 bits per heavy atom. The number of nitrogens with zero attached hydrogens (tertiary/aromatic N) is 2. The third kappa shape index (κ3) is 3.81. The molecule has 1 aliphatic heterocycles. The molecule has 6 heteroatoms. The minimum Gasteiger partial charge on any atom is -0.338 e. The van der Waals surface area contributed by atoms with Crippen molar-refractivity contribution in [1.82, 2.24) is 4.90 Å². The van der Waals surface area contributed by atoms with Crippen LogP contribution in [0.1, 0.15) is 35.7 Å². The van der Waals surface area contributed by atoms with Crippen LogP contribution < -0.4 is 0 Å². The number of carbonyl (C=O) groups is 1. The highest BCUT2D eigenvalue weighted by Crippen LogP contribution is 2.24. The number of hydrogen-bond acceptors (Lipinski definition) is 3. The number of fused-ring (bicyclic) bond motifs is 1. The monoisotopic (exact) mass is 354 g/mol. The van der Waals surface area contributed by atoms with Crippen LogP contribution in [0, 0.1) is 16.0 Å². The van der Waals surface area contributed by atoms with Crippen LogP contribution in [-0.4, -0.2) is 34.2 Å². The van der Waals surface area contributed by atoms with Crippen LogP contribution in [0.2, 0.25) is 0 Å². The summed E-state index contributed by atoms with van der Waals surface area (Å²) in [6.45, 7) is 3.59. The zero-order chi connectivity index (χ0) is 15.4. The van der Waals surface area contributed by atoms with Crippen molar-refractivity contribution in [3.63, 3.8) is 0 Å². The Kier molecular flexibility index (Phi) is 5.33. The number of nitro benzene ring substituents is 1. The molecule has 0 aromatic heterocycles. The van der Waals surface area contributed by atoms with Gasteiger partial charge in [-0.2, -0.15) is 0 Å². The molecule has 2 rings (SSSR count). The second-order valence-electron chi connectivity index (χ2n) is 5.51. The number of carbonyl (C=O) groups excluding carboxylic acids is 1. The summed E-state index contributed by atoms with van der Waals surface area (Å²) < 4.78 is 0. The van der Waals surface area contributed by atoms with E-state index in [4.69, 9.17) is 0 Å². The van der Waals surface area contributed by atoms with Crippen LogP contribution in [0.3, 0.4) is 0 Å². The summed E-state index contributed by atoms with van der Waals surface area (Å²) in [6, 6.07) is 4.59. The van der Waals surface area contributed by atoms with Gasteiger partial charge in [-0.25, -0.2) is 0 Å². The number of benzene rings is 1. The molecule has 0 fully saturated rings. The first kappa shape index (κ1) is 15.9. The quantitative estimate of drug-likeness (QED) is 0.446. The average Bonchev–Trinajstić information content (AvgIpc) is 2.46. The molecule has 0 saturated heterocycles. The molecule has 0 radical (unpaired) electrons. The van der Waals surface area contributed by atoms with Gasteiger partial charge in [0, 0.05) is 36.1 Å². The van der Waals surface area contributed by atoms with E-state index in [1.54, 1.807) is 6.07 Å². The zero-order valence-electron chi connectivity index (χ0n) is 12.0. The van der Waals surface area contributed by atoms with E-state index >= 15 is 0 Å². The van der Waals surface area contributed by atoms with Crippen molar-refractivity contribution in [2.45, 2.75) is 26.2 Å². The second-order valence-corrected chi connectivity index (χ2v) is 6.31. The zero-order valence-corrected chi connectivity index (χ0v) is 13.6. The molecule has 0 N–H and O–H groups in total. The molecule has 1 heterocycles. The van der Waals surface area contributed by atoms with Gasteiger partial charge in [0.25, 0.3) is 11.6 Å².